The van der Waals surface area contributed by atoms with Crippen LogP contribution in [0.2, 0.25) is 4.47 Å². The lowest BCUT2D eigenvalue weighted by Gasteiger charge is -2.12. The van der Waals surface area contributed by atoms with Gasteiger partial charge in [-0.05, 0) is 65.2 Å². The van der Waals surface area contributed by atoms with E-state index in [0.29, 0.717) is 27.5 Å². The van der Waals surface area contributed by atoms with E-state index in [4.69, 9.17) is 22.1 Å². The van der Waals surface area contributed by atoms with Gasteiger partial charge in [0.1, 0.15) is 5.75 Å². The SMILES string of the molecule is COc1ccc(Cn2nc(-c3ccc(N)cc3)c3ccccc3c2=O)cc1.Clc1ncc(-c2ccccc2)s1.O=c1[nH]nc(-c2ccc(Nc3ncc(-c4ccccc4)s3)cc2)c2ccccc12. The first-order valence-electron chi connectivity index (χ1n) is 21.3. The summed E-state index contributed by atoms with van der Waals surface area (Å²) in [6.07, 6.45) is 3.68. The third-order valence-corrected chi connectivity index (χ3v) is 12.9. The van der Waals surface area contributed by atoms with Crippen LogP contribution >= 0.6 is 34.3 Å². The molecule has 68 heavy (non-hydrogen) atoms. The van der Waals surface area contributed by atoms with E-state index in [1.54, 1.807) is 24.6 Å². The fourth-order valence-corrected chi connectivity index (χ4v) is 9.11. The molecule has 11 aromatic rings. The highest BCUT2D eigenvalue weighted by Crippen LogP contribution is 2.32. The molecule has 7 aromatic carbocycles. The second-order valence-corrected chi connectivity index (χ2v) is 17.9. The van der Waals surface area contributed by atoms with Crippen molar-refractivity contribution >= 4 is 72.3 Å². The average Bonchev–Trinajstić information content (AvgIpc) is 4.06. The Balaban J connectivity index is 0.000000138. The minimum Gasteiger partial charge on any atom is -0.497 e. The zero-order valence-corrected chi connectivity index (χ0v) is 38.8. The van der Waals surface area contributed by atoms with Crippen molar-refractivity contribution in [2.24, 2.45) is 0 Å². The van der Waals surface area contributed by atoms with Crippen LogP contribution in [0.1, 0.15) is 5.56 Å². The molecule has 0 aliphatic rings. The number of rotatable bonds is 9. The summed E-state index contributed by atoms with van der Waals surface area (Å²) in [6.45, 7) is 0.385. The minimum absolute atomic E-state index is 0.111. The summed E-state index contributed by atoms with van der Waals surface area (Å²) in [6, 6.07) is 58.4. The number of nitrogens with zero attached hydrogens (tertiary/aromatic N) is 5. The van der Waals surface area contributed by atoms with Gasteiger partial charge in [0.2, 0.25) is 0 Å². The van der Waals surface area contributed by atoms with Gasteiger partial charge in [0.05, 0.1) is 45.6 Å². The molecule has 0 saturated heterocycles. The number of H-pyrrole nitrogens is 1. The molecule has 4 aromatic heterocycles. The zero-order valence-electron chi connectivity index (χ0n) is 36.4. The van der Waals surface area contributed by atoms with E-state index in [1.807, 2.05) is 176 Å². The van der Waals surface area contributed by atoms with Crippen LogP contribution in [-0.4, -0.2) is 37.1 Å². The van der Waals surface area contributed by atoms with Crippen molar-refractivity contribution in [1.29, 1.82) is 0 Å². The summed E-state index contributed by atoms with van der Waals surface area (Å²) < 4.78 is 7.29. The lowest BCUT2D eigenvalue weighted by atomic mass is 10.0. The summed E-state index contributed by atoms with van der Waals surface area (Å²) in [5, 5.41) is 18.6. The molecule has 334 valence electrons. The maximum absolute atomic E-state index is 12.9. The van der Waals surface area contributed by atoms with Gasteiger partial charge in [-0.2, -0.15) is 10.2 Å². The fraction of sp³-hybridized carbons (Fsp3) is 0.0370. The highest BCUT2D eigenvalue weighted by molar-refractivity contribution is 7.19. The number of hydrogen-bond donors (Lipinski definition) is 3. The molecule has 0 atom stereocenters. The van der Waals surface area contributed by atoms with Crippen molar-refractivity contribution in [3.05, 3.63) is 225 Å². The predicted octanol–water partition coefficient (Wildman–Crippen LogP) is 12.6. The van der Waals surface area contributed by atoms with Gasteiger partial charge >= 0.3 is 0 Å². The number of nitrogens with two attached hydrogens (primary N) is 1. The number of aromatic amines is 1. The fourth-order valence-electron chi connectivity index (χ4n) is 7.33. The lowest BCUT2D eigenvalue weighted by Crippen LogP contribution is -2.24. The number of hydrogen-bond acceptors (Lipinski definition) is 11. The van der Waals surface area contributed by atoms with Crippen LogP contribution in [0.15, 0.2) is 204 Å². The number of halogens is 1. The molecule has 0 saturated carbocycles. The van der Waals surface area contributed by atoms with E-state index >= 15 is 0 Å². The predicted molar refractivity (Wildman–Crippen MR) is 279 cm³/mol. The Morgan fingerprint density at radius 2 is 1.15 bits per heavy atom. The molecule has 11 nitrogen and oxygen atoms in total. The largest absolute Gasteiger partial charge is 0.497 e. The normalized spacial score (nSPS) is 10.7. The summed E-state index contributed by atoms with van der Waals surface area (Å²) in [5.41, 5.74) is 13.8. The van der Waals surface area contributed by atoms with Crippen LogP contribution in [0.5, 0.6) is 5.75 Å². The highest BCUT2D eigenvalue weighted by Gasteiger charge is 2.13. The molecular formula is C54H41ClN8O3S2. The number of fused-ring (bicyclic) bond motifs is 2. The third kappa shape index (κ3) is 10.6. The maximum atomic E-state index is 12.9. The molecule has 4 heterocycles. The molecule has 0 amide bonds. The summed E-state index contributed by atoms with van der Waals surface area (Å²) in [7, 11) is 1.63. The van der Waals surface area contributed by atoms with Gasteiger partial charge in [0.15, 0.2) is 9.60 Å². The van der Waals surface area contributed by atoms with Crippen LogP contribution < -0.4 is 26.9 Å². The molecule has 0 aliphatic heterocycles. The van der Waals surface area contributed by atoms with Crippen LogP contribution in [0, 0.1) is 0 Å². The van der Waals surface area contributed by atoms with Crippen LogP contribution in [0.4, 0.5) is 16.5 Å². The molecule has 0 aliphatic carbocycles. The number of anilines is 3. The molecular weight excluding hydrogens is 908 g/mol. The molecule has 0 fully saturated rings. The van der Waals surface area contributed by atoms with Crippen molar-refractivity contribution < 1.29 is 4.74 Å². The van der Waals surface area contributed by atoms with Crippen LogP contribution in [0.3, 0.4) is 0 Å². The lowest BCUT2D eigenvalue weighted by molar-refractivity contribution is 0.414. The van der Waals surface area contributed by atoms with Gasteiger partial charge in [-0.1, -0.05) is 156 Å². The molecule has 0 radical (unpaired) electrons. The third-order valence-electron chi connectivity index (χ3n) is 10.7. The van der Waals surface area contributed by atoms with Crippen LogP contribution in [0.25, 0.3) is 64.9 Å². The van der Waals surface area contributed by atoms with E-state index in [1.165, 1.54) is 21.6 Å². The van der Waals surface area contributed by atoms with Crippen molar-refractivity contribution in [2.75, 3.05) is 18.2 Å². The highest BCUT2D eigenvalue weighted by atomic mass is 35.5. The Bertz CT molecular complexity index is 3560. The standard InChI is InChI=1S/C23H16N4OS.C22H19N3O2.C9H6ClNS/c28-22-19-9-5-4-8-18(19)21(26-27-22)16-10-12-17(13-11-16)25-23-24-14-20(29-23)15-6-2-1-3-7-15;1-27-18-12-6-15(7-13-18)14-25-22(26)20-5-3-2-4-19(20)21(24-25)16-8-10-17(23)11-9-16;10-9-11-6-8(12-9)7-4-2-1-3-5-7/h1-14H,(H,24,25)(H,27,28);2-13H,14,23H2,1H3;1-6H. The second-order valence-electron chi connectivity index (χ2n) is 15.2. The Kier molecular flexibility index (Phi) is 13.8. The van der Waals surface area contributed by atoms with E-state index in [9.17, 15) is 9.59 Å². The number of methoxy groups -OCH3 is 1. The molecule has 0 bridgehead atoms. The average molecular weight is 950 g/mol. The summed E-state index contributed by atoms with van der Waals surface area (Å²) >= 11 is 8.82. The first-order valence-corrected chi connectivity index (χ1v) is 23.3. The number of ether oxygens (including phenoxy) is 1. The molecule has 14 heteroatoms. The Morgan fingerprint density at radius 3 is 1.76 bits per heavy atom. The number of aromatic nitrogens is 6. The Labute approximate surface area is 403 Å². The van der Waals surface area contributed by atoms with Crippen LogP contribution in [-0.2, 0) is 6.54 Å². The van der Waals surface area contributed by atoms with Gasteiger partial charge in [0.25, 0.3) is 11.1 Å². The number of nitrogens with one attached hydrogen (secondary N) is 2. The topological polar surface area (TPSA) is 154 Å². The van der Waals surface area contributed by atoms with E-state index in [2.05, 4.69) is 42.7 Å². The second kappa shape index (κ2) is 20.9. The molecule has 11 rings (SSSR count). The van der Waals surface area contributed by atoms with Crippen molar-refractivity contribution in [3.63, 3.8) is 0 Å². The summed E-state index contributed by atoms with van der Waals surface area (Å²) in [5.74, 6) is 0.778. The maximum Gasteiger partial charge on any atom is 0.274 e. The van der Waals surface area contributed by atoms with Gasteiger partial charge < -0.3 is 15.8 Å². The van der Waals surface area contributed by atoms with E-state index in [0.717, 1.165) is 70.7 Å². The monoisotopic (exact) mass is 948 g/mol. The Hall–Kier alpha value is -8.23. The quantitative estimate of drug-likeness (QED) is 0.120. The minimum atomic E-state index is -0.180. The van der Waals surface area contributed by atoms with Crippen molar-refractivity contribution in [2.45, 2.75) is 6.54 Å². The van der Waals surface area contributed by atoms with Gasteiger partial charge in [-0.15, -0.1) is 11.3 Å². The smallest absolute Gasteiger partial charge is 0.274 e. The van der Waals surface area contributed by atoms with Crippen molar-refractivity contribution in [3.8, 4) is 49.1 Å². The molecule has 4 N–H and O–H groups in total. The first-order chi connectivity index (χ1) is 33.3. The van der Waals surface area contributed by atoms with E-state index < -0.39 is 0 Å². The number of nitrogen functional groups attached to an aromatic ring is 1. The molecule has 0 spiro atoms. The number of thiazole rings is 2. The zero-order chi connectivity index (χ0) is 46.8. The van der Waals surface area contributed by atoms with Crippen molar-refractivity contribution in [1.82, 2.24) is 29.9 Å². The van der Waals surface area contributed by atoms with Gasteiger partial charge in [0, 0.05) is 45.7 Å². The first kappa shape index (κ1) is 44.9. The van der Waals surface area contributed by atoms with E-state index in [-0.39, 0.29) is 11.1 Å². The van der Waals surface area contributed by atoms with Gasteiger partial charge in [-0.25, -0.2) is 19.7 Å². The molecule has 0 unspecified atom stereocenters. The Morgan fingerprint density at radius 1 is 0.603 bits per heavy atom. The number of benzene rings is 7. The summed E-state index contributed by atoms with van der Waals surface area (Å²) in [4.78, 5) is 35.6. The van der Waals surface area contributed by atoms with Gasteiger partial charge in [-0.3, -0.25) is 9.59 Å².